The predicted molar refractivity (Wildman–Crippen MR) is 89.9 cm³/mol. The highest BCUT2D eigenvalue weighted by Crippen LogP contribution is 2.23. The Labute approximate surface area is 140 Å². The lowest BCUT2D eigenvalue weighted by atomic mass is 9.94. The summed E-state index contributed by atoms with van der Waals surface area (Å²) in [5.41, 5.74) is -1.71. The molecule has 8 nitrogen and oxygen atoms in total. The number of likely N-dealkylation sites (tertiary alicyclic amines) is 1. The van der Waals surface area contributed by atoms with Gasteiger partial charge in [-0.3, -0.25) is 14.6 Å². The number of aromatic nitrogens is 2. The van der Waals surface area contributed by atoms with Crippen molar-refractivity contribution in [1.29, 1.82) is 0 Å². The van der Waals surface area contributed by atoms with Gasteiger partial charge in [-0.15, -0.1) is 0 Å². The Morgan fingerprint density at radius 3 is 2.75 bits per heavy atom. The largest absolute Gasteiger partial charge is 0.388 e. The number of hydrogen-bond acceptors (Lipinski definition) is 5. The summed E-state index contributed by atoms with van der Waals surface area (Å²) in [5, 5.41) is 10.6. The molecule has 1 amide bonds. The number of carbonyl (C=O) groups excluding carboxylic acids is 1. The minimum Gasteiger partial charge on any atom is -0.388 e. The van der Waals surface area contributed by atoms with Crippen molar-refractivity contribution in [3.05, 3.63) is 33.1 Å². The third-order valence-corrected chi connectivity index (χ3v) is 4.34. The smallest absolute Gasteiger partial charge is 0.328 e. The Morgan fingerprint density at radius 1 is 1.33 bits per heavy atom. The van der Waals surface area contributed by atoms with E-state index in [0.29, 0.717) is 32.5 Å². The van der Waals surface area contributed by atoms with E-state index < -0.39 is 16.9 Å². The Bertz CT molecular complexity index is 681. The maximum atomic E-state index is 12.4. The minimum atomic E-state index is -0.756. The van der Waals surface area contributed by atoms with Crippen molar-refractivity contribution in [3.63, 3.8) is 0 Å². The Balaban J connectivity index is 1.91. The number of H-pyrrole nitrogens is 1. The fourth-order valence-corrected chi connectivity index (χ4v) is 3.17. The number of aliphatic hydroxyl groups is 1. The Morgan fingerprint density at radius 2 is 2.08 bits per heavy atom. The summed E-state index contributed by atoms with van der Waals surface area (Å²) in [7, 11) is 3.85. The normalized spacial score (nSPS) is 21.8. The predicted octanol–water partition coefficient (Wildman–Crippen LogP) is -0.768. The Kier molecular flexibility index (Phi) is 5.95. The van der Waals surface area contributed by atoms with Gasteiger partial charge in [-0.05, 0) is 33.4 Å². The number of aryl methyl sites for hydroxylation is 1. The van der Waals surface area contributed by atoms with Crippen LogP contribution in [0.15, 0.2) is 21.9 Å². The van der Waals surface area contributed by atoms with Gasteiger partial charge >= 0.3 is 5.69 Å². The summed E-state index contributed by atoms with van der Waals surface area (Å²) < 4.78 is 1.32. The van der Waals surface area contributed by atoms with Crippen LogP contribution in [0.2, 0.25) is 0 Å². The first-order chi connectivity index (χ1) is 11.3. The average molecular weight is 338 g/mol. The summed E-state index contributed by atoms with van der Waals surface area (Å²) in [6, 6.07) is 1.26. The summed E-state index contributed by atoms with van der Waals surface area (Å²) in [4.78, 5) is 40.9. The van der Waals surface area contributed by atoms with Gasteiger partial charge in [0.15, 0.2) is 0 Å². The molecule has 1 aliphatic rings. The van der Waals surface area contributed by atoms with Crippen LogP contribution >= 0.6 is 0 Å². The molecule has 1 saturated heterocycles. The van der Waals surface area contributed by atoms with Crippen molar-refractivity contribution in [1.82, 2.24) is 19.4 Å². The first-order valence-corrected chi connectivity index (χ1v) is 8.24. The van der Waals surface area contributed by atoms with Gasteiger partial charge in [-0.2, -0.15) is 0 Å². The van der Waals surface area contributed by atoms with Crippen LogP contribution in [0.4, 0.5) is 0 Å². The molecule has 0 aliphatic carbocycles. The molecule has 134 valence electrons. The van der Waals surface area contributed by atoms with E-state index in [2.05, 4.69) is 4.98 Å². The van der Waals surface area contributed by atoms with Gasteiger partial charge in [0.05, 0.1) is 5.60 Å². The summed E-state index contributed by atoms with van der Waals surface area (Å²) in [6.07, 6.45) is 3.57. The van der Waals surface area contributed by atoms with Gasteiger partial charge in [0.2, 0.25) is 5.91 Å². The second-order valence-electron chi connectivity index (χ2n) is 6.75. The molecule has 0 unspecified atom stereocenters. The third kappa shape index (κ3) is 5.04. The molecule has 8 heteroatoms. The molecule has 0 radical (unpaired) electrons. The first kappa shape index (κ1) is 18.4. The third-order valence-electron chi connectivity index (χ3n) is 4.34. The lowest BCUT2D eigenvalue weighted by Gasteiger charge is -2.30. The minimum absolute atomic E-state index is 0.0396. The van der Waals surface area contributed by atoms with Crippen LogP contribution < -0.4 is 11.2 Å². The van der Waals surface area contributed by atoms with Crippen LogP contribution in [0.5, 0.6) is 0 Å². The van der Waals surface area contributed by atoms with Crippen molar-refractivity contribution < 1.29 is 9.90 Å². The van der Waals surface area contributed by atoms with Crippen molar-refractivity contribution in [2.24, 2.45) is 0 Å². The quantitative estimate of drug-likeness (QED) is 0.735. The first-order valence-electron chi connectivity index (χ1n) is 8.24. The van der Waals surface area contributed by atoms with Gasteiger partial charge in [0.1, 0.15) is 0 Å². The molecule has 0 bridgehead atoms. The van der Waals surface area contributed by atoms with Crippen LogP contribution in [0, 0.1) is 0 Å². The maximum Gasteiger partial charge on any atom is 0.328 e. The zero-order valence-electron chi connectivity index (χ0n) is 14.3. The summed E-state index contributed by atoms with van der Waals surface area (Å²) in [6.45, 7) is 1.95. The highest BCUT2D eigenvalue weighted by atomic mass is 16.3. The number of likely N-dealkylation sites (N-methyl/N-ethyl adjacent to an activating group) is 1. The van der Waals surface area contributed by atoms with Crippen LogP contribution in [-0.4, -0.2) is 69.7 Å². The summed E-state index contributed by atoms with van der Waals surface area (Å²) in [5.74, 6) is -0.0396. The van der Waals surface area contributed by atoms with Gasteiger partial charge in [0, 0.05) is 44.9 Å². The molecule has 1 aromatic heterocycles. The van der Waals surface area contributed by atoms with Crippen LogP contribution in [0.25, 0.3) is 0 Å². The number of carbonyl (C=O) groups is 1. The van der Waals surface area contributed by atoms with Gasteiger partial charge in [0.25, 0.3) is 5.56 Å². The highest BCUT2D eigenvalue weighted by molar-refractivity contribution is 5.76. The van der Waals surface area contributed by atoms with E-state index in [4.69, 9.17) is 0 Å². The Hall–Kier alpha value is -1.93. The van der Waals surface area contributed by atoms with E-state index >= 15 is 0 Å². The fourth-order valence-electron chi connectivity index (χ4n) is 3.17. The second-order valence-corrected chi connectivity index (χ2v) is 6.75. The van der Waals surface area contributed by atoms with E-state index in [1.165, 1.54) is 16.8 Å². The standard InChI is InChI=1S/C16H26N4O4/c1-18(2)12-16(24)6-3-8-19(11-7-16)14(22)5-10-20-9-4-13(21)17-15(20)23/h4,9,24H,3,5-8,10-12H2,1-2H3,(H,17,21,23)/t16-/m0/s1. The van der Waals surface area contributed by atoms with E-state index in [1.54, 1.807) is 4.90 Å². The SMILES string of the molecule is CN(C)C[C@]1(O)CCCN(C(=O)CCn2ccc(=O)[nH]c2=O)CC1. The molecule has 2 heterocycles. The number of nitrogens with zero attached hydrogens (tertiary/aromatic N) is 3. The zero-order valence-corrected chi connectivity index (χ0v) is 14.3. The molecule has 1 fully saturated rings. The van der Waals surface area contributed by atoms with Crippen LogP contribution in [-0.2, 0) is 11.3 Å². The number of amides is 1. The molecule has 2 rings (SSSR count). The molecule has 0 saturated carbocycles. The van der Waals surface area contributed by atoms with Gasteiger partial charge < -0.3 is 19.5 Å². The zero-order chi connectivity index (χ0) is 17.7. The molecule has 24 heavy (non-hydrogen) atoms. The molecule has 0 aromatic carbocycles. The molecule has 1 aliphatic heterocycles. The van der Waals surface area contributed by atoms with E-state index in [0.717, 1.165) is 6.42 Å². The lowest BCUT2D eigenvalue weighted by Crippen LogP contribution is -2.41. The van der Waals surface area contributed by atoms with Crippen LogP contribution in [0.1, 0.15) is 25.7 Å². The number of hydrogen-bond donors (Lipinski definition) is 2. The molecule has 0 spiro atoms. The van der Waals surface area contributed by atoms with Gasteiger partial charge in [-0.1, -0.05) is 0 Å². The van der Waals surface area contributed by atoms with E-state index in [-0.39, 0.29) is 18.9 Å². The highest BCUT2D eigenvalue weighted by Gasteiger charge is 2.31. The monoisotopic (exact) mass is 338 g/mol. The lowest BCUT2D eigenvalue weighted by molar-refractivity contribution is -0.131. The van der Waals surface area contributed by atoms with Crippen molar-refractivity contribution >= 4 is 5.91 Å². The van der Waals surface area contributed by atoms with Crippen molar-refractivity contribution in [2.75, 3.05) is 33.7 Å². The van der Waals surface area contributed by atoms with E-state index in [9.17, 15) is 19.5 Å². The molecular weight excluding hydrogens is 312 g/mol. The molecule has 1 aromatic rings. The van der Waals surface area contributed by atoms with E-state index in [1.807, 2.05) is 19.0 Å². The summed E-state index contributed by atoms with van der Waals surface area (Å²) >= 11 is 0. The fraction of sp³-hybridized carbons (Fsp3) is 0.688. The number of aromatic amines is 1. The van der Waals surface area contributed by atoms with Gasteiger partial charge in [-0.25, -0.2) is 4.79 Å². The molecule has 1 atom stereocenters. The molecular formula is C16H26N4O4. The molecule has 2 N–H and O–H groups in total. The number of rotatable bonds is 5. The van der Waals surface area contributed by atoms with Crippen molar-refractivity contribution in [2.45, 2.75) is 37.8 Å². The maximum absolute atomic E-state index is 12.4. The van der Waals surface area contributed by atoms with Crippen LogP contribution in [0.3, 0.4) is 0 Å². The van der Waals surface area contributed by atoms with Crippen molar-refractivity contribution in [3.8, 4) is 0 Å². The number of nitrogens with one attached hydrogen (secondary N) is 1. The average Bonchev–Trinajstić information content (AvgIpc) is 2.67. The topological polar surface area (TPSA) is 98.6 Å². The second kappa shape index (κ2) is 7.76.